The van der Waals surface area contributed by atoms with E-state index in [1.165, 1.54) is 24.1 Å². The summed E-state index contributed by atoms with van der Waals surface area (Å²) in [7, 11) is 0. The third-order valence-electron chi connectivity index (χ3n) is 4.69. The molecule has 28 heavy (non-hydrogen) atoms. The van der Waals surface area contributed by atoms with E-state index in [2.05, 4.69) is 34.0 Å². The van der Waals surface area contributed by atoms with Crippen molar-refractivity contribution in [3.8, 4) is 0 Å². The molecule has 2 aliphatic heterocycles. The molecule has 1 saturated heterocycles. The Balaban J connectivity index is 0.000000345. The molecule has 3 rings (SSSR count). The fraction of sp³-hybridized carbons (Fsp3) is 0.722. The topological polar surface area (TPSA) is 87.6 Å². The number of carboxylic acid groups (broad SMARTS) is 1. The molecule has 0 spiro atoms. The third-order valence-corrected chi connectivity index (χ3v) is 4.69. The highest BCUT2D eigenvalue weighted by Gasteiger charge is 2.38. The van der Waals surface area contributed by atoms with Gasteiger partial charge in [0.05, 0.1) is 5.69 Å². The Morgan fingerprint density at radius 1 is 1.25 bits per heavy atom. The van der Waals surface area contributed by atoms with Gasteiger partial charge in [-0.25, -0.2) is 14.8 Å². The second-order valence-corrected chi connectivity index (χ2v) is 7.13. The molecule has 2 aliphatic rings. The lowest BCUT2D eigenvalue weighted by Gasteiger charge is -2.33. The number of hydrogen-bond acceptors (Lipinski definition) is 6. The van der Waals surface area contributed by atoms with Crippen LogP contribution in [0.5, 0.6) is 0 Å². The van der Waals surface area contributed by atoms with Gasteiger partial charge in [-0.3, -0.25) is 4.90 Å². The summed E-state index contributed by atoms with van der Waals surface area (Å²) in [5.41, 5.74) is 2.54. The molecular formula is C18H27F3N4O3. The SMILES string of the molecule is CC(C)Nc1ncnc2c1CCN(C1CCOCC1)CC2.O=C(O)C(F)(F)F. The van der Waals surface area contributed by atoms with E-state index in [0.29, 0.717) is 12.1 Å². The first-order valence-corrected chi connectivity index (χ1v) is 9.39. The Hall–Kier alpha value is -1.94. The van der Waals surface area contributed by atoms with Crippen LogP contribution in [-0.4, -0.2) is 70.5 Å². The minimum atomic E-state index is -5.08. The number of fused-ring (bicyclic) bond motifs is 1. The number of aromatic nitrogens is 2. The minimum absolute atomic E-state index is 0.402. The minimum Gasteiger partial charge on any atom is -0.475 e. The number of rotatable bonds is 3. The molecule has 0 bridgehead atoms. The lowest BCUT2D eigenvalue weighted by molar-refractivity contribution is -0.192. The van der Waals surface area contributed by atoms with Crippen LogP contribution in [0.2, 0.25) is 0 Å². The number of anilines is 1. The molecule has 1 fully saturated rings. The number of alkyl halides is 3. The number of aliphatic carboxylic acids is 1. The number of ether oxygens (including phenoxy) is 1. The zero-order valence-corrected chi connectivity index (χ0v) is 16.1. The Bertz CT molecular complexity index is 649. The molecule has 0 unspecified atom stereocenters. The third kappa shape index (κ3) is 6.59. The highest BCUT2D eigenvalue weighted by atomic mass is 19.4. The van der Waals surface area contributed by atoms with Gasteiger partial charge in [0.15, 0.2) is 0 Å². The van der Waals surface area contributed by atoms with Crippen molar-refractivity contribution in [1.29, 1.82) is 0 Å². The summed E-state index contributed by atoms with van der Waals surface area (Å²) >= 11 is 0. The van der Waals surface area contributed by atoms with Gasteiger partial charge in [-0.05, 0) is 33.1 Å². The van der Waals surface area contributed by atoms with E-state index in [1.54, 1.807) is 6.33 Å². The molecule has 0 saturated carbocycles. The van der Waals surface area contributed by atoms with Gasteiger partial charge in [-0.1, -0.05) is 0 Å². The Morgan fingerprint density at radius 3 is 2.43 bits per heavy atom. The second-order valence-electron chi connectivity index (χ2n) is 7.13. The molecule has 7 nitrogen and oxygen atoms in total. The maximum atomic E-state index is 10.6. The van der Waals surface area contributed by atoms with Crippen molar-refractivity contribution in [1.82, 2.24) is 14.9 Å². The highest BCUT2D eigenvalue weighted by Crippen LogP contribution is 2.24. The van der Waals surface area contributed by atoms with E-state index in [0.717, 1.165) is 45.0 Å². The summed E-state index contributed by atoms with van der Waals surface area (Å²) in [6.07, 6.45) is 1.02. The van der Waals surface area contributed by atoms with Gasteiger partial charge >= 0.3 is 12.1 Å². The van der Waals surface area contributed by atoms with Gasteiger partial charge in [-0.2, -0.15) is 13.2 Å². The second kappa shape index (κ2) is 10.0. The largest absolute Gasteiger partial charge is 0.490 e. The van der Waals surface area contributed by atoms with E-state index in [9.17, 15) is 13.2 Å². The van der Waals surface area contributed by atoms with Gasteiger partial charge in [0.25, 0.3) is 0 Å². The van der Waals surface area contributed by atoms with Crippen LogP contribution in [0, 0.1) is 0 Å². The van der Waals surface area contributed by atoms with Gasteiger partial charge in [0, 0.05) is 50.4 Å². The predicted octanol–water partition coefficient (Wildman–Crippen LogP) is 2.51. The molecule has 3 heterocycles. The molecule has 158 valence electrons. The van der Waals surface area contributed by atoms with Crippen LogP contribution in [0.4, 0.5) is 19.0 Å². The molecule has 1 aromatic rings. The fourth-order valence-corrected chi connectivity index (χ4v) is 3.36. The molecule has 0 radical (unpaired) electrons. The van der Waals surface area contributed by atoms with Crippen molar-refractivity contribution in [3.63, 3.8) is 0 Å². The standard InChI is InChI=1S/C16H26N4O.C2HF3O2/c1-12(2)19-16-14-3-7-20(13-5-9-21-10-6-13)8-4-15(14)17-11-18-16;3-2(4,5)1(6)7/h11-13H,3-10H2,1-2H3,(H,17,18,19);(H,6,7). The summed E-state index contributed by atoms with van der Waals surface area (Å²) < 4.78 is 37.2. The zero-order valence-electron chi connectivity index (χ0n) is 16.1. The number of carbonyl (C=O) groups is 1. The quantitative estimate of drug-likeness (QED) is 0.800. The first-order chi connectivity index (χ1) is 13.2. The first-order valence-electron chi connectivity index (χ1n) is 9.39. The van der Waals surface area contributed by atoms with Crippen molar-refractivity contribution in [2.75, 3.05) is 31.6 Å². The molecule has 2 N–H and O–H groups in total. The van der Waals surface area contributed by atoms with E-state index >= 15 is 0 Å². The van der Waals surface area contributed by atoms with E-state index in [-0.39, 0.29) is 0 Å². The fourth-order valence-electron chi connectivity index (χ4n) is 3.36. The average molecular weight is 404 g/mol. The van der Waals surface area contributed by atoms with Crippen molar-refractivity contribution in [3.05, 3.63) is 17.6 Å². The molecule has 0 atom stereocenters. The van der Waals surface area contributed by atoms with Crippen molar-refractivity contribution in [2.24, 2.45) is 0 Å². The number of nitrogens with zero attached hydrogens (tertiary/aromatic N) is 3. The van der Waals surface area contributed by atoms with E-state index < -0.39 is 12.1 Å². The van der Waals surface area contributed by atoms with Gasteiger partial charge < -0.3 is 15.2 Å². The van der Waals surface area contributed by atoms with Crippen molar-refractivity contribution < 1.29 is 27.8 Å². The van der Waals surface area contributed by atoms with Crippen LogP contribution in [0.25, 0.3) is 0 Å². The summed E-state index contributed by atoms with van der Waals surface area (Å²) in [4.78, 5) is 20.5. The number of carboxylic acids is 1. The summed E-state index contributed by atoms with van der Waals surface area (Å²) in [5, 5.41) is 10.6. The van der Waals surface area contributed by atoms with Crippen molar-refractivity contribution >= 4 is 11.8 Å². The smallest absolute Gasteiger partial charge is 0.475 e. The zero-order chi connectivity index (χ0) is 20.7. The molecule has 0 aliphatic carbocycles. The summed E-state index contributed by atoms with van der Waals surface area (Å²) in [6.45, 7) is 8.34. The van der Waals surface area contributed by atoms with Crippen LogP contribution in [0.3, 0.4) is 0 Å². The van der Waals surface area contributed by atoms with Gasteiger partial charge in [0.1, 0.15) is 12.1 Å². The Kier molecular flexibility index (Phi) is 7.99. The average Bonchev–Trinajstić information content (AvgIpc) is 2.85. The predicted molar refractivity (Wildman–Crippen MR) is 97.3 cm³/mol. The molecule has 1 aromatic heterocycles. The van der Waals surface area contributed by atoms with Crippen LogP contribution < -0.4 is 5.32 Å². The maximum absolute atomic E-state index is 10.6. The molecule has 10 heteroatoms. The number of hydrogen-bond donors (Lipinski definition) is 2. The number of nitrogens with one attached hydrogen (secondary N) is 1. The van der Waals surface area contributed by atoms with Crippen LogP contribution >= 0.6 is 0 Å². The van der Waals surface area contributed by atoms with Crippen molar-refractivity contribution in [2.45, 2.75) is 57.8 Å². The first kappa shape index (κ1) is 22.4. The lowest BCUT2D eigenvalue weighted by atomic mass is 10.1. The lowest BCUT2D eigenvalue weighted by Crippen LogP contribution is -2.40. The molecule has 0 aromatic carbocycles. The highest BCUT2D eigenvalue weighted by molar-refractivity contribution is 5.73. The normalized spacial score (nSPS) is 18.6. The van der Waals surface area contributed by atoms with Gasteiger partial charge in [-0.15, -0.1) is 0 Å². The Morgan fingerprint density at radius 2 is 1.86 bits per heavy atom. The molecule has 0 amide bonds. The summed E-state index contributed by atoms with van der Waals surface area (Å²) in [6, 6.07) is 1.08. The van der Waals surface area contributed by atoms with E-state index in [1.807, 2.05) is 0 Å². The van der Waals surface area contributed by atoms with Crippen LogP contribution in [-0.2, 0) is 22.4 Å². The van der Waals surface area contributed by atoms with Gasteiger partial charge in [0.2, 0.25) is 0 Å². The maximum Gasteiger partial charge on any atom is 0.490 e. The number of halogens is 3. The molecular weight excluding hydrogens is 377 g/mol. The summed E-state index contributed by atoms with van der Waals surface area (Å²) in [5.74, 6) is -1.73. The van der Waals surface area contributed by atoms with Crippen LogP contribution in [0.15, 0.2) is 6.33 Å². The Labute approximate surface area is 162 Å². The monoisotopic (exact) mass is 404 g/mol. The van der Waals surface area contributed by atoms with Crippen LogP contribution in [0.1, 0.15) is 37.9 Å². The van der Waals surface area contributed by atoms with E-state index in [4.69, 9.17) is 14.6 Å².